The van der Waals surface area contributed by atoms with Crippen LogP contribution in [0.4, 0.5) is 4.39 Å². The number of hydrogen-bond donors (Lipinski definition) is 3. The van der Waals surface area contributed by atoms with Crippen molar-refractivity contribution in [2.75, 3.05) is 6.54 Å². The van der Waals surface area contributed by atoms with Gasteiger partial charge in [-0.05, 0) is 72.0 Å². The van der Waals surface area contributed by atoms with Gasteiger partial charge >= 0.3 is 0 Å². The van der Waals surface area contributed by atoms with Crippen molar-refractivity contribution in [2.45, 2.75) is 25.3 Å². The summed E-state index contributed by atoms with van der Waals surface area (Å²) >= 11 is 0. The van der Waals surface area contributed by atoms with Crippen LogP contribution in [0.15, 0.2) is 54.6 Å². The third-order valence-corrected chi connectivity index (χ3v) is 5.34. The van der Waals surface area contributed by atoms with Crippen LogP contribution in [-0.2, 0) is 16.0 Å². The predicted octanol–water partition coefficient (Wildman–Crippen LogP) is 3.30. The first-order valence-corrected chi connectivity index (χ1v) is 10.1. The number of halogens is 1. The van der Waals surface area contributed by atoms with Crippen LogP contribution in [0.2, 0.25) is 0 Å². The summed E-state index contributed by atoms with van der Waals surface area (Å²) in [5.41, 5.74) is 4.70. The number of hydrogen-bond acceptors (Lipinski definition) is 3. The molecule has 0 radical (unpaired) electrons. The fraction of sp³-hybridized carbons (Fsp3) is 0.208. The number of nitrogens with one attached hydrogen (secondary N) is 3. The number of amides is 2. The molecule has 0 saturated carbocycles. The van der Waals surface area contributed by atoms with Crippen molar-refractivity contribution in [3.05, 3.63) is 71.5 Å². The predicted molar refractivity (Wildman–Crippen MR) is 114 cm³/mol. The van der Waals surface area contributed by atoms with Crippen LogP contribution in [0.5, 0.6) is 0 Å². The van der Waals surface area contributed by atoms with E-state index in [1.54, 1.807) is 24.3 Å². The van der Waals surface area contributed by atoms with E-state index in [-0.39, 0.29) is 24.1 Å². The molecule has 2 heterocycles. The van der Waals surface area contributed by atoms with Gasteiger partial charge in [0.05, 0.1) is 11.6 Å². The van der Waals surface area contributed by atoms with Crippen LogP contribution in [0.1, 0.15) is 24.0 Å². The van der Waals surface area contributed by atoms with Crippen LogP contribution in [0.25, 0.3) is 22.5 Å². The second kappa shape index (κ2) is 8.84. The molecule has 6 nitrogen and oxygen atoms in total. The topological polar surface area (TPSA) is 97.8 Å². The minimum absolute atomic E-state index is 0.151. The number of aromatic amines is 1. The summed E-state index contributed by atoms with van der Waals surface area (Å²) in [4.78, 5) is 27.4. The summed E-state index contributed by atoms with van der Waals surface area (Å²) in [7, 11) is 0. The number of H-pyrrole nitrogens is 1. The first-order valence-electron chi connectivity index (χ1n) is 10.1. The molecule has 7 heteroatoms. The Bertz CT molecular complexity index is 1160. The molecule has 1 unspecified atom stereocenters. The highest BCUT2D eigenvalue weighted by atomic mass is 19.1. The summed E-state index contributed by atoms with van der Waals surface area (Å²) in [5.74, 6) is -0.670. The zero-order valence-corrected chi connectivity index (χ0v) is 16.7. The Hall–Kier alpha value is -3.92. The standard InChI is InChI=1S/C24H21FN4O2/c25-19-7-4-16(5-8-19)23-18(6-9-22(30)28-20-10-11-27-24(20)31)13-21(29-23)17-3-1-2-15(12-17)14-26/h1-5,7-8,12-13,20,29H,6,9-11H2,(H,27,31)(H,28,30). The molecule has 156 valence electrons. The van der Waals surface area contributed by atoms with Crippen molar-refractivity contribution in [3.8, 4) is 28.6 Å². The summed E-state index contributed by atoms with van der Waals surface area (Å²) < 4.78 is 13.4. The number of rotatable bonds is 6. The van der Waals surface area contributed by atoms with E-state index in [0.29, 0.717) is 24.9 Å². The Morgan fingerprint density at radius 3 is 2.68 bits per heavy atom. The molecule has 1 aliphatic rings. The molecule has 3 aromatic rings. The second-order valence-electron chi connectivity index (χ2n) is 7.48. The van der Waals surface area contributed by atoms with E-state index >= 15 is 0 Å². The molecule has 1 saturated heterocycles. The molecule has 2 aromatic carbocycles. The van der Waals surface area contributed by atoms with E-state index in [1.807, 2.05) is 18.2 Å². The molecule has 4 rings (SSSR count). The lowest BCUT2D eigenvalue weighted by Crippen LogP contribution is -2.40. The number of benzene rings is 2. The van der Waals surface area contributed by atoms with Crippen molar-refractivity contribution in [2.24, 2.45) is 0 Å². The van der Waals surface area contributed by atoms with Crippen LogP contribution < -0.4 is 10.6 Å². The summed E-state index contributed by atoms with van der Waals surface area (Å²) in [6.45, 7) is 0.571. The molecule has 1 aliphatic heterocycles. The Kier molecular flexibility index (Phi) is 5.80. The van der Waals surface area contributed by atoms with Crippen molar-refractivity contribution in [1.82, 2.24) is 15.6 Å². The number of carbonyl (C=O) groups is 2. The van der Waals surface area contributed by atoms with Gasteiger partial charge in [-0.25, -0.2) is 4.39 Å². The van der Waals surface area contributed by atoms with Gasteiger partial charge in [-0.3, -0.25) is 9.59 Å². The van der Waals surface area contributed by atoms with Crippen LogP contribution >= 0.6 is 0 Å². The first kappa shape index (κ1) is 20.4. The molecule has 2 amide bonds. The maximum absolute atomic E-state index is 13.4. The third-order valence-electron chi connectivity index (χ3n) is 5.34. The van der Waals surface area contributed by atoms with Crippen LogP contribution in [0.3, 0.4) is 0 Å². The molecule has 1 aromatic heterocycles. The molecule has 0 aliphatic carbocycles. The van der Waals surface area contributed by atoms with E-state index in [4.69, 9.17) is 0 Å². The highest BCUT2D eigenvalue weighted by Gasteiger charge is 2.25. The van der Waals surface area contributed by atoms with Gasteiger partial charge in [0.1, 0.15) is 11.9 Å². The molecule has 0 spiro atoms. The lowest BCUT2D eigenvalue weighted by atomic mass is 10.0. The largest absolute Gasteiger partial charge is 0.354 e. The number of aryl methyl sites for hydroxylation is 1. The SMILES string of the molecule is N#Cc1cccc(-c2cc(CCC(=O)NC3CCNC3=O)c(-c3ccc(F)cc3)[nH]2)c1. The summed E-state index contributed by atoms with van der Waals surface area (Å²) in [6, 6.07) is 17.0. The lowest BCUT2D eigenvalue weighted by molar-refractivity contribution is -0.127. The fourth-order valence-corrected chi connectivity index (χ4v) is 3.73. The number of aromatic nitrogens is 1. The van der Waals surface area contributed by atoms with Crippen molar-refractivity contribution < 1.29 is 14.0 Å². The van der Waals surface area contributed by atoms with Gasteiger partial charge in [-0.2, -0.15) is 5.26 Å². The minimum atomic E-state index is -0.473. The highest BCUT2D eigenvalue weighted by Crippen LogP contribution is 2.30. The molecule has 31 heavy (non-hydrogen) atoms. The lowest BCUT2D eigenvalue weighted by Gasteiger charge is -2.10. The van der Waals surface area contributed by atoms with E-state index in [0.717, 1.165) is 28.1 Å². The molecular formula is C24H21FN4O2. The number of nitriles is 1. The van der Waals surface area contributed by atoms with Crippen molar-refractivity contribution >= 4 is 11.8 Å². The number of nitrogens with zero attached hydrogens (tertiary/aromatic N) is 1. The van der Waals surface area contributed by atoms with Gasteiger partial charge in [0.25, 0.3) is 0 Å². The quantitative estimate of drug-likeness (QED) is 0.575. The Morgan fingerprint density at radius 1 is 1.16 bits per heavy atom. The number of carbonyl (C=O) groups excluding carboxylic acids is 2. The smallest absolute Gasteiger partial charge is 0.242 e. The average Bonchev–Trinajstić information content (AvgIpc) is 3.39. The van der Waals surface area contributed by atoms with Gasteiger partial charge in [0.2, 0.25) is 11.8 Å². The van der Waals surface area contributed by atoms with Gasteiger partial charge in [0.15, 0.2) is 0 Å². The van der Waals surface area contributed by atoms with Crippen molar-refractivity contribution in [1.29, 1.82) is 5.26 Å². The van der Waals surface area contributed by atoms with E-state index < -0.39 is 6.04 Å². The Morgan fingerprint density at radius 2 is 1.97 bits per heavy atom. The average molecular weight is 416 g/mol. The van der Waals surface area contributed by atoms with Gasteiger partial charge in [-0.15, -0.1) is 0 Å². The third kappa shape index (κ3) is 4.64. The maximum Gasteiger partial charge on any atom is 0.242 e. The van der Waals surface area contributed by atoms with Gasteiger partial charge in [-0.1, -0.05) is 12.1 Å². The van der Waals surface area contributed by atoms with Crippen LogP contribution in [-0.4, -0.2) is 29.4 Å². The summed E-state index contributed by atoms with van der Waals surface area (Å²) in [5, 5.41) is 14.7. The van der Waals surface area contributed by atoms with E-state index in [2.05, 4.69) is 21.7 Å². The molecule has 1 fully saturated rings. The normalized spacial score (nSPS) is 15.4. The van der Waals surface area contributed by atoms with Crippen LogP contribution in [0, 0.1) is 17.1 Å². The van der Waals surface area contributed by atoms with Gasteiger partial charge < -0.3 is 15.6 Å². The first-order chi connectivity index (χ1) is 15.0. The summed E-state index contributed by atoms with van der Waals surface area (Å²) in [6.07, 6.45) is 1.25. The second-order valence-corrected chi connectivity index (χ2v) is 7.48. The minimum Gasteiger partial charge on any atom is -0.354 e. The highest BCUT2D eigenvalue weighted by molar-refractivity contribution is 5.89. The van der Waals surface area contributed by atoms with Gasteiger partial charge in [0, 0.05) is 24.4 Å². The maximum atomic E-state index is 13.4. The monoisotopic (exact) mass is 416 g/mol. The fourth-order valence-electron chi connectivity index (χ4n) is 3.73. The van der Waals surface area contributed by atoms with Crippen molar-refractivity contribution in [3.63, 3.8) is 0 Å². The zero-order valence-electron chi connectivity index (χ0n) is 16.7. The van der Waals surface area contributed by atoms with E-state index in [1.165, 1.54) is 12.1 Å². The zero-order chi connectivity index (χ0) is 21.8. The Labute approximate surface area is 179 Å². The molecule has 0 bridgehead atoms. The Balaban J connectivity index is 1.59. The molecule has 1 atom stereocenters. The molecular weight excluding hydrogens is 395 g/mol. The molecule has 3 N–H and O–H groups in total. The van der Waals surface area contributed by atoms with E-state index in [9.17, 15) is 19.2 Å².